The molecule has 0 bridgehead atoms. The number of nitro groups is 1. The van der Waals surface area contributed by atoms with E-state index in [4.69, 9.17) is 0 Å². The molecule has 0 saturated carbocycles. The molecule has 0 unspecified atom stereocenters. The van der Waals surface area contributed by atoms with Crippen LogP contribution in [0.1, 0.15) is 5.56 Å². The SMILES string of the molecule is O=[N+]([O-])c1ccc(N=Cc2c3ccccc3cc3ccccc23)c(O)c1. The van der Waals surface area contributed by atoms with E-state index in [1.54, 1.807) is 6.21 Å². The smallest absolute Gasteiger partial charge is 0.273 e. The number of phenols is 1. The van der Waals surface area contributed by atoms with Gasteiger partial charge in [0.2, 0.25) is 0 Å². The van der Waals surface area contributed by atoms with Crippen molar-refractivity contribution in [2.24, 2.45) is 4.99 Å². The molecule has 0 saturated heterocycles. The number of nitrogens with zero attached hydrogens (tertiary/aromatic N) is 2. The predicted octanol–water partition coefficient (Wildman–Crippen LogP) is 5.36. The second-order valence-corrected chi connectivity index (χ2v) is 5.92. The maximum atomic E-state index is 10.8. The van der Waals surface area contributed by atoms with Gasteiger partial charge in [0.15, 0.2) is 0 Å². The van der Waals surface area contributed by atoms with E-state index in [-0.39, 0.29) is 17.1 Å². The molecule has 5 nitrogen and oxygen atoms in total. The molecule has 0 amide bonds. The van der Waals surface area contributed by atoms with Gasteiger partial charge in [-0.3, -0.25) is 15.1 Å². The van der Waals surface area contributed by atoms with E-state index in [1.165, 1.54) is 12.1 Å². The average molecular weight is 342 g/mol. The summed E-state index contributed by atoms with van der Waals surface area (Å²) in [5, 5.41) is 25.1. The molecule has 4 rings (SSSR count). The zero-order valence-electron chi connectivity index (χ0n) is 13.7. The van der Waals surface area contributed by atoms with Gasteiger partial charge in [-0.15, -0.1) is 0 Å². The Morgan fingerprint density at radius 3 is 2.08 bits per heavy atom. The Labute approximate surface area is 149 Å². The fourth-order valence-electron chi connectivity index (χ4n) is 3.06. The first-order valence-electron chi connectivity index (χ1n) is 8.05. The number of nitro benzene ring substituents is 1. The molecule has 5 heteroatoms. The van der Waals surface area contributed by atoms with Crippen molar-refractivity contribution in [3.05, 3.63) is 88.5 Å². The van der Waals surface area contributed by atoms with Crippen molar-refractivity contribution in [1.29, 1.82) is 0 Å². The molecule has 4 aromatic carbocycles. The molecule has 0 radical (unpaired) electrons. The zero-order chi connectivity index (χ0) is 18.1. The zero-order valence-corrected chi connectivity index (χ0v) is 13.7. The molecule has 0 heterocycles. The van der Waals surface area contributed by atoms with Gasteiger partial charge in [-0.25, -0.2) is 0 Å². The van der Waals surface area contributed by atoms with E-state index in [9.17, 15) is 15.2 Å². The highest BCUT2D eigenvalue weighted by molar-refractivity contribution is 6.13. The Morgan fingerprint density at radius 2 is 1.50 bits per heavy atom. The van der Waals surface area contributed by atoms with Gasteiger partial charge in [-0.1, -0.05) is 48.5 Å². The number of fused-ring (bicyclic) bond motifs is 2. The molecule has 0 aromatic heterocycles. The first kappa shape index (κ1) is 15.8. The van der Waals surface area contributed by atoms with Crippen LogP contribution in [-0.4, -0.2) is 16.2 Å². The van der Waals surface area contributed by atoms with Gasteiger partial charge in [0.1, 0.15) is 11.4 Å². The number of benzene rings is 4. The lowest BCUT2D eigenvalue weighted by Crippen LogP contribution is -1.89. The molecule has 0 fully saturated rings. The second-order valence-electron chi connectivity index (χ2n) is 5.92. The summed E-state index contributed by atoms with van der Waals surface area (Å²) in [5.74, 6) is -0.222. The molecule has 0 aliphatic heterocycles. The van der Waals surface area contributed by atoms with Crippen molar-refractivity contribution in [2.75, 3.05) is 0 Å². The van der Waals surface area contributed by atoms with Crippen LogP contribution >= 0.6 is 0 Å². The Morgan fingerprint density at radius 1 is 0.885 bits per heavy atom. The maximum absolute atomic E-state index is 10.8. The van der Waals surface area contributed by atoms with Crippen LogP contribution < -0.4 is 0 Å². The summed E-state index contributed by atoms with van der Waals surface area (Å²) in [5.41, 5.74) is 1.06. The first-order chi connectivity index (χ1) is 12.6. The van der Waals surface area contributed by atoms with Crippen LogP contribution in [0.2, 0.25) is 0 Å². The van der Waals surface area contributed by atoms with Gasteiger partial charge in [0, 0.05) is 17.8 Å². The largest absolute Gasteiger partial charge is 0.505 e. The third kappa shape index (κ3) is 2.75. The number of phenolic OH excluding ortho intramolecular Hbond substituents is 1. The van der Waals surface area contributed by atoms with Gasteiger partial charge in [-0.05, 0) is 33.7 Å². The van der Waals surface area contributed by atoms with Crippen LogP contribution in [0, 0.1) is 10.1 Å². The van der Waals surface area contributed by atoms with Gasteiger partial charge >= 0.3 is 0 Å². The number of aliphatic imine (C=N–C) groups is 1. The van der Waals surface area contributed by atoms with Gasteiger partial charge < -0.3 is 5.11 Å². The van der Waals surface area contributed by atoms with Crippen molar-refractivity contribution in [1.82, 2.24) is 0 Å². The van der Waals surface area contributed by atoms with E-state index in [0.717, 1.165) is 33.2 Å². The summed E-state index contributed by atoms with van der Waals surface area (Å²) in [6, 6.07) is 22.1. The molecule has 26 heavy (non-hydrogen) atoms. The normalized spacial score (nSPS) is 11.4. The highest BCUT2D eigenvalue weighted by Crippen LogP contribution is 2.32. The monoisotopic (exact) mass is 342 g/mol. The third-order valence-corrected chi connectivity index (χ3v) is 4.32. The molecule has 0 spiro atoms. The second kappa shape index (κ2) is 6.29. The van der Waals surface area contributed by atoms with Crippen molar-refractivity contribution < 1.29 is 10.0 Å². The van der Waals surface area contributed by atoms with Crippen LogP contribution in [0.4, 0.5) is 11.4 Å². The van der Waals surface area contributed by atoms with E-state index < -0.39 is 4.92 Å². The first-order valence-corrected chi connectivity index (χ1v) is 8.05. The maximum Gasteiger partial charge on any atom is 0.273 e. The summed E-state index contributed by atoms with van der Waals surface area (Å²) in [6.07, 6.45) is 1.70. The van der Waals surface area contributed by atoms with Crippen LogP contribution in [0.5, 0.6) is 5.75 Å². The van der Waals surface area contributed by atoms with E-state index in [1.807, 2.05) is 48.5 Å². The minimum Gasteiger partial charge on any atom is -0.505 e. The van der Waals surface area contributed by atoms with Crippen molar-refractivity contribution >= 4 is 39.1 Å². The van der Waals surface area contributed by atoms with Crippen molar-refractivity contribution in [3.63, 3.8) is 0 Å². The molecule has 126 valence electrons. The average Bonchev–Trinajstić information content (AvgIpc) is 2.65. The Balaban J connectivity index is 1.88. The van der Waals surface area contributed by atoms with Crippen LogP contribution in [0.3, 0.4) is 0 Å². The molecule has 0 aliphatic rings. The molecule has 0 atom stereocenters. The number of hydrogen-bond donors (Lipinski definition) is 1. The van der Waals surface area contributed by atoms with Gasteiger partial charge in [-0.2, -0.15) is 0 Å². The number of rotatable bonds is 3. The Hall–Kier alpha value is -3.73. The Kier molecular flexibility index (Phi) is 3.82. The van der Waals surface area contributed by atoms with E-state index >= 15 is 0 Å². The fourth-order valence-corrected chi connectivity index (χ4v) is 3.06. The molecule has 1 N–H and O–H groups in total. The fraction of sp³-hybridized carbons (Fsp3) is 0. The summed E-state index contributed by atoms with van der Waals surface area (Å²) in [7, 11) is 0. The summed E-state index contributed by atoms with van der Waals surface area (Å²) < 4.78 is 0. The highest BCUT2D eigenvalue weighted by atomic mass is 16.6. The van der Waals surface area contributed by atoms with Crippen LogP contribution in [0.25, 0.3) is 21.5 Å². The lowest BCUT2D eigenvalue weighted by atomic mass is 9.97. The number of aromatic hydroxyl groups is 1. The number of non-ortho nitro benzene ring substituents is 1. The topological polar surface area (TPSA) is 75.7 Å². The van der Waals surface area contributed by atoms with Crippen molar-refractivity contribution in [3.8, 4) is 5.75 Å². The van der Waals surface area contributed by atoms with Crippen LogP contribution in [-0.2, 0) is 0 Å². The lowest BCUT2D eigenvalue weighted by molar-refractivity contribution is -0.384. The summed E-state index contributed by atoms with van der Waals surface area (Å²) >= 11 is 0. The van der Waals surface area contributed by atoms with E-state index in [0.29, 0.717) is 0 Å². The Bertz CT molecular complexity index is 1130. The molecule has 4 aromatic rings. The molecular weight excluding hydrogens is 328 g/mol. The van der Waals surface area contributed by atoms with Crippen molar-refractivity contribution in [2.45, 2.75) is 0 Å². The standard InChI is InChI=1S/C21H14N2O3/c24-21-12-16(23(25)26)9-10-20(21)22-13-19-17-7-3-1-5-14(17)11-15-6-2-4-8-18(15)19/h1-13,24H. The summed E-state index contributed by atoms with van der Waals surface area (Å²) in [4.78, 5) is 14.6. The van der Waals surface area contributed by atoms with Crippen LogP contribution in [0.15, 0.2) is 77.8 Å². The molecule has 0 aliphatic carbocycles. The van der Waals surface area contributed by atoms with E-state index in [2.05, 4.69) is 11.1 Å². The third-order valence-electron chi connectivity index (χ3n) is 4.32. The molecular formula is C21H14N2O3. The minimum atomic E-state index is -0.550. The van der Waals surface area contributed by atoms with Gasteiger partial charge in [0.05, 0.1) is 11.0 Å². The summed E-state index contributed by atoms with van der Waals surface area (Å²) in [6.45, 7) is 0. The lowest BCUT2D eigenvalue weighted by Gasteiger charge is -2.08. The predicted molar refractivity (Wildman–Crippen MR) is 103 cm³/mol. The van der Waals surface area contributed by atoms with Gasteiger partial charge in [0.25, 0.3) is 5.69 Å². The highest BCUT2D eigenvalue weighted by Gasteiger charge is 2.10. The minimum absolute atomic E-state index is 0.169. The number of hydrogen-bond acceptors (Lipinski definition) is 4. The quantitative estimate of drug-likeness (QED) is 0.236.